The highest BCUT2D eigenvalue weighted by Gasteiger charge is 2.23. The van der Waals surface area contributed by atoms with E-state index in [0.29, 0.717) is 17.4 Å². The molecule has 1 unspecified atom stereocenters. The van der Waals surface area contributed by atoms with Gasteiger partial charge in [0.25, 0.3) is 0 Å². The van der Waals surface area contributed by atoms with Gasteiger partial charge in [-0.15, -0.1) is 0 Å². The summed E-state index contributed by atoms with van der Waals surface area (Å²) in [6, 6.07) is 0. The standard InChI is InChI=1S/C25H47NO5/c1-5-6-7-8-9-10-11-12-13-14-15-16-17-18-22(27)19-25(30)31-23(20-24(28)29)21-26(2,3)4/h23H,5-21H2,1-4H3. The van der Waals surface area contributed by atoms with Crippen molar-refractivity contribution in [2.75, 3.05) is 27.7 Å². The van der Waals surface area contributed by atoms with Gasteiger partial charge < -0.3 is 19.1 Å². The summed E-state index contributed by atoms with van der Waals surface area (Å²) in [6.45, 7) is 2.60. The molecule has 0 aliphatic heterocycles. The van der Waals surface area contributed by atoms with Gasteiger partial charge in [0.05, 0.1) is 21.1 Å². The summed E-state index contributed by atoms with van der Waals surface area (Å²) in [4.78, 5) is 34.9. The molecular formula is C25H47NO5. The van der Waals surface area contributed by atoms with Crippen molar-refractivity contribution < 1.29 is 28.7 Å². The summed E-state index contributed by atoms with van der Waals surface area (Å²) in [5.74, 6) is -2.03. The van der Waals surface area contributed by atoms with Crippen LogP contribution < -0.4 is 5.11 Å². The zero-order valence-corrected chi connectivity index (χ0v) is 20.6. The Hall–Kier alpha value is -1.43. The van der Waals surface area contributed by atoms with Crippen LogP contribution in [0.4, 0.5) is 0 Å². The molecule has 0 amide bonds. The van der Waals surface area contributed by atoms with Crippen molar-refractivity contribution in [3.8, 4) is 0 Å². The predicted molar refractivity (Wildman–Crippen MR) is 122 cm³/mol. The number of Topliss-reactive ketones (excluding diaryl/α,β-unsaturated/α-hetero) is 1. The van der Waals surface area contributed by atoms with Crippen molar-refractivity contribution in [2.45, 2.75) is 116 Å². The second kappa shape index (κ2) is 18.2. The largest absolute Gasteiger partial charge is 0.550 e. The van der Waals surface area contributed by atoms with Crippen LogP contribution in [-0.4, -0.2) is 56.0 Å². The van der Waals surface area contributed by atoms with Crippen LogP contribution in [0, 0.1) is 0 Å². The van der Waals surface area contributed by atoms with Gasteiger partial charge in [0.1, 0.15) is 18.7 Å². The maximum absolute atomic E-state index is 12.0. The Bertz CT molecular complexity index is 499. The number of esters is 1. The van der Waals surface area contributed by atoms with E-state index in [2.05, 4.69) is 6.92 Å². The number of quaternary nitrogens is 1. The second-order valence-electron chi connectivity index (χ2n) is 9.87. The molecule has 31 heavy (non-hydrogen) atoms. The van der Waals surface area contributed by atoms with Crippen molar-refractivity contribution >= 4 is 17.7 Å². The molecule has 0 rings (SSSR count). The Morgan fingerprint density at radius 2 is 1.23 bits per heavy atom. The number of aliphatic carboxylic acids is 1. The van der Waals surface area contributed by atoms with Crippen molar-refractivity contribution in [3.63, 3.8) is 0 Å². The van der Waals surface area contributed by atoms with Gasteiger partial charge in [0.15, 0.2) is 6.10 Å². The number of nitrogens with zero attached hydrogens (tertiary/aromatic N) is 1. The van der Waals surface area contributed by atoms with Gasteiger partial charge in [0, 0.05) is 18.8 Å². The summed E-state index contributed by atoms with van der Waals surface area (Å²) in [5.41, 5.74) is 0. The number of carbonyl (C=O) groups is 3. The molecule has 0 heterocycles. The van der Waals surface area contributed by atoms with Gasteiger partial charge in [-0.1, -0.05) is 84.0 Å². The molecule has 0 radical (unpaired) electrons. The minimum absolute atomic E-state index is 0.134. The fourth-order valence-corrected chi connectivity index (χ4v) is 3.76. The number of unbranched alkanes of at least 4 members (excludes halogenated alkanes) is 12. The lowest BCUT2D eigenvalue weighted by atomic mass is 10.0. The molecule has 6 heteroatoms. The summed E-state index contributed by atoms with van der Waals surface area (Å²) in [7, 11) is 5.65. The van der Waals surface area contributed by atoms with Gasteiger partial charge in [-0.25, -0.2) is 0 Å². The second-order valence-corrected chi connectivity index (χ2v) is 9.87. The number of carboxylic acids is 1. The highest BCUT2D eigenvalue weighted by molar-refractivity contribution is 5.95. The van der Waals surface area contributed by atoms with Crippen LogP contribution in [-0.2, 0) is 19.1 Å². The number of carbonyl (C=O) groups excluding carboxylic acids is 3. The van der Waals surface area contributed by atoms with E-state index >= 15 is 0 Å². The van der Waals surface area contributed by atoms with Crippen molar-refractivity contribution in [3.05, 3.63) is 0 Å². The summed E-state index contributed by atoms with van der Waals surface area (Å²) < 4.78 is 5.69. The number of likely N-dealkylation sites (N-methyl/N-ethyl adjacent to an activating group) is 1. The van der Waals surface area contributed by atoms with Gasteiger partial charge in [0.2, 0.25) is 0 Å². The monoisotopic (exact) mass is 441 g/mol. The Morgan fingerprint density at radius 3 is 1.65 bits per heavy atom. The Balaban J connectivity index is 3.75. The van der Waals surface area contributed by atoms with E-state index in [0.717, 1.165) is 19.3 Å². The molecule has 0 aromatic rings. The SMILES string of the molecule is CCCCCCCCCCCCCCCC(=O)CC(=O)OC(CC(=O)[O-])C[N+](C)(C)C. The molecule has 182 valence electrons. The molecule has 0 aliphatic rings. The normalized spacial score (nSPS) is 12.5. The first-order valence-corrected chi connectivity index (χ1v) is 12.4. The van der Waals surface area contributed by atoms with Crippen molar-refractivity contribution in [2.24, 2.45) is 0 Å². The molecule has 0 bridgehead atoms. The topological polar surface area (TPSA) is 83.5 Å². The van der Waals surface area contributed by atoms with Crippen LogP contribution in [0.3, 0.4) is 0 Å². The van der Waals surface area contributed by atoms with Crippen LogP contribution in [0.1, 0.15) is 110 Å². The van der Waals surface area contributed by atoms with Crippen LogP contribution in [0.5, 0.6) is 0 Å². The zero-order chi connectivity index (χ0) is 23.5. The molecule has 0 saturated heterocycles. The van der Waals surface area contributed by atoms with Crippen LogP contribution in [0.25, 0.3) is 0 Å². The van der Waals surface area contributed by atoms with E-state index in [1.807, 2.05) is 21.1 Å². The molecule has 1 atom stereocenters. The first-order valence-electron chi connectivity index (χ1n) is 12.4. The Kier molecular flexibility index (Phi) is 17.3. The molecule has 0 saturated carbocycles. The lowest BCUT2D eigenvalue weighted by Crippen LogP contribution is -2.45. The van der Waals surface area contributed by atoms with Crippen LogP contribution in [0.15, 0.2) is 0 Å². The van der Waals surface area contributed by atoms with Crippen molar-refractivity contribution in [1.29, 1.82) is 0 Å². The number of hydrogen-bond acceptors (Lipinski definition) is 5. The lowest BCUT2D eigenvalue weighted by Gasteiger charge is -2.29. The maximum Gasteiger partial charge on any atom is 0.313 e. The molecule has 0 spiro atoms. The zero-order valence-electron chi connectivity index (χ0n) is 20.6. The highest BCUT2D eigenvalue weighted by Crippen LogP contribution is 2.13. The van der Waals surface area contributed by atoms with E-state index < -0.39 is 18.0 Å². The third kappa shape index (κ3) is 21.6. The van der Waals surface area contributed by atoms with Crippen LogP contribution in [0.2, 0.25) is 0 Å². The third-order valence-electron chi connectivity index (χ3n) is 5.34. The molecule has 0 aromatic carbocycles. The fraction of sp³-hybridized carbons (Fsp3) is 0.880. The fourth-order valence-electron chi connectivity index (χ4n) is 3.76. The molecule has 0 aromatic heterocycles. The quantitative estimate of drug-likeness (QED) is 0.115. The molecule has 0 N–H and O–H groups in total. The maximum atomic E-state index is 12.0. The average molecular weight is 442 g/mol. The van der Waals surface area contributed by atoms with Gasteiger partial charge >= 0.3 is 5.97 Å². The Morgan fingerprint density at radius 1 is 0.774 bits per heavy atom. The first kappa shape index (κ1) is 29.6. The highest BCUT2D eigenvalue weighted by atomic mass is 16.5. The summed E-state index contributed by atoms with van der Waals surface area (Å²) in [5, 5.41) is 10.9. The lowest BCUT2D eigenvalue weighted by molar-refractivity contribution is -0.873. The van der Waals surface area contributed by atoms with E-state index in [1.54, 1.807) is 0 Å². The van der Waals surface area contributed by atoms with E-state index in [1.165, 1.54) is 64.2 Å². The minimum Gasteiger partial charge on any atom is -0.550 e. The molecular weight excluding hydrogens is 394 g/mol. The van der Waals surface area contributed by atoms with E-state index in [4.69, 9.17) is 4.74 Å². The van der Waals surface area contributed by atoms with E-state index in [-0.39, 0.29) is 18.6 Å². The minimum atomic E-state index is -1.26. The molecule has 6 nitrogen and oxygen atoms in total. The summed E-state index contributed by atoms with van der Waals surface area (Å²) in [6.07, 6.45) is 15.2. The van der Waals surface area contributed by atoms with Gasteiger partial charge in [-0.3, -0.25) is 9.59 Å². The number of carboxylic acid groups (broad SMARTS) is 1. The summed E-state index contributed by atoms with van der Waals surface area (Å²) >= 11 is 0. The van der Waals surface area contributed by atoms with Crippen molar-refractivity contribution in [1.82, 2.24) is 0 Å². The predicted octanol–water partition coefficient (Wildman–Crippen LogP) is 4.18. The smallest absolute Gasteiger partial charge is 0.313 e. The third-order valence-corrected chi connectivity index (χ3v) is 5.34. The molecule has 0 aliphatic carbocycles. The number of rotatable bonds is 21. The number of ketones is 1. The first-order chi connectivity index (χ1) is 14.6. The van der Waals surface area contributed by atoms with Crippen LogP contribution >= 0.6 is 0 Å². The molecule has 0 fully saturated rings. The van der Waals surface area contributed by atoms with Gasteiger partial charge in [-0.2, -0.15) is 0 Å². The average Bonchev–Trinajstić information content (AvgIpc) is 2.63. The number of ether oxygens (including phenoxy) is 1. The Labute approximate surface area is 190 Å². The van der Waals surface area contributed by atoms with Gasteiger partial charge in [-0.05, 0) is 6.42 Å². The number of hydrogen-bond donors (Lipinski definition) is 0. The van der Waals surface area contributed by atoms with E-state index in [9.17, 15) is 19.5 Å².